The number of hydrogen-bond acceptors (Lipinski definition) is 5. The zero-order valence-electron chi connectivity index (χ0n) is 13.0. The number of aromatic nitrogens is 2. The second-order valence-electron chi connectivity index (χ2n) is 5.84. The molecule has 21 heavy (non-hydrogen) atoms. The fraction of sp³-hybridized carbons (Fsp3) is 0.625. The van der Waals surface area contributed by atoms with Gasteiger partial charge in [0.05, 0.1) is 5.39 Å². The van der Waals surface area contributed by atoms with E-state index in [0.717, 1.165) is 17.5 Å². The van der Waals surface area contributed by atoms with E-state index in [1.807, 2.05) is 17.6 Å². The number of nitrogens with zero attached hydrogens (tertiary/aromatic N) is 2. The van der Waals surface area contributed by atoms with Crippen LogP contribution in [-0.4, -0.2) is 22.8 Å². The molecule has 0 fully saturated rings. The highest BCUT2D eigenvalue weighted by atomic mass is 32.2. The molecule has 1 unspecified atom stereocenters. The van der Waals surface area contributed by atoms with E-state index in [2.05, 4.69) is 19.2 Å². The fourth-order valence-corrected chi connectivity index (χ4v) is 4.46. The third kappa shape index (κ3) is 3.04. The van der Waals surface area contributed by atoms with E-state index < -0.39 is 0 Å². The van der Waals surface area contributed by atoms with Crippen LogP contribution in [0.1, 0.15) is 43.6 Å². The first-order valence-corrected chi connectivity index (χ1v) is 9.87. The largest absolute Gasteiger partial charge is 0.369 e. The summed E-state index contributed by atoms with van der Waals surface area (Å²) in [6.07, 6.45) is 8.27. The summed E-state index contributed by atoms with van der Waals surface area (Å²) in [5.74, 6) is 1.73. The molecular formula is C16H23N3S2. The van der Waals surface area contributed by atoms with Crippen molar-refractivity contribution < 1.29 is 0 Å². The third-order valence-electron chi connectivity index (χ3n) is 4.29. The molecule has 1 aliphatic rings. The topological polar surface area (TPSA) is 37.8 Å². The van der Waals surface area contributed by atoms with Gasteiger partial charge in [0.1, 0.15) is 10.6 Å². The lowest BCUT2D eigenvalue weighted by atomic mass is 9.97. The second kappa shape index (κ2) is 6.53. The summed E-state index contributed by atoms with van der Waals surface area (Å²) < 4.78 is 0. The van der Waals surface area contributed by atoms with Crippen LogP contribution in [0.4, 0.5) is 5.82 Å². The monoisotopic (exact) mass is 321 g/mol. The Morgan fingerprint density at radius 3 is 2.86 bits per heavy atom. The van der Waals surface area contributed by atoms with Gasteiger partial charge in [-0.25, -0.2) is 9.97 Å². The molecule has 0 saturated carbocycles. The van der Waals surface area contributed by atoms with Crippen LogP contribution in [0.3, 0.4) is 0 Å². The molecule has 3 nitrogen and oxygen atoms in total. The van der Waals surface area contributed by atoms with Crippen LogP contribution in [0.15, 0.2) is 5.16 Å². The minimum atomic E-state index is 0.669. The van der Waals surface area contributed by atoms with E-state index in [1.54, 1.807) is 11.8 Å². The summed E-state index contributed by atoms with van der Waals surface area (Å²) in [5, 5.41) is 5.78. The van der Waals surface area contributed by atoms with Gasteiger partial charge < -0.3 is 5.32 Å². The Morgan fingerprint density at radius 2 is 2.10 bits per heavy atom. The predicted molar refractivity (Wildman–Crippen MR) is 93.8 cm³/mol. The van der Waals surface area contributed by atoms with Crippen molar-refractivity contribution in [2.75, 3.05) is 18.1 Å². The van der Waals surface area contributed by atoms with Gasteiger partial charge in [0.25, 0.3) is 0 Å². The number of rotatable bonds is 5. The van der Waals surface area contributed by atoms with E-state index in [9.17, 15) is 0 Å². The Kier molecular flexibility index (Phi) is 4.69. The van der Waals surface area contributed by atoms with E-state index in [4.69, 9.17) is 9.97 Å². The summed E-state index contributed by atoms with van der Waals surface area (Å²) in [5.41, 5.74) is 1.51. The predicted octanol–water partition coefficient (Wildman–Crippen LogP) is 4.75. The SMILES string of the molecule is CCC(C)CNc1nc(SC)nc2sc3c(c12)CCCC3. The molecule has 2 aromatic heterocycles. The number of aryl methyl sites for hydroxylation is 2. The molecule has 114 valence electrons. The molecule has 0 spiro atoms. The number of thiophene rings is 1. The first kappa shape index (κ1) is 15.1. The number of nitrogens with one attached hydrogen (secondary N) is 1. The van der Waals surface area contributed by atoms with Crippen molar-refractivity contribution in [3.8, 4) is 0 Å². The van der Waals surface area contributed by atoms with Gasteiger partial charge >= 0.3 is 0 Å². The average molecular weight is 322 g/mol. The number of anilines is 1. The standard InChI is InChI=1S/C16H23N3S2/c1-4-10(2)9-17-14-13-11-7-5-6-8-12(11)21-15(13)19-16(18-14)20-3/h10H,4-9H2,1-3H3,(H,17,18,19). The maximum atomic E-state index is 4.75. The molecule has 0 amide bonds. The maximum absolute atomic E-state index is 4.75. The third-order valence-corrected chi connectivity index (χ3v) is 6.03. The Hall–Kier alpha value is -0.810. The number of hydrogen-bond donors (Lipinski definition) is 1. The van der Waals surface area contributed by atoms with Crippen molar-refractivity contribution >= 4 is 39.1 Å². The number of fused-ring (bicyclic) bond motifs is 3. The van der Waals surface area contributed by atoms with Crippen molar-refractivity contribution in [1.82, 2.24) is 9.97 Å². The van der Waals surface area contributed by atoms with Crippen LogP contribution in [0.25, 0.3) is 10.2 Å². The second-order valence-corrected chi connectivity index (χ2v) is 7.70. The average Bonchev–Trinajstić information content (AvgIpc) is 2.90. The van der Waals surface area contributed by atoms with Crippen LogP contribution in [0.2, 0.25) is 0 Å². The highest BCUT2D eigenvalue weighted by Gasteiger charge is 2.21. The molecular weight excluding hydrogens is 298 g/mol. The van der Waals surface area contributed by atoms with Crippen molar-refractivity contribution in [2.45, 2.75) is 51.1 Å². The van der Waals surface area contributed by atoms with E-state index in [-0.39, 0.29) is 0 Å². The highest BCUT2D eigenvalue weighted by Crippen LogP contribution is 2.39. The van der Waals surface area contributed by atoms with Gasteiger partial charge in [-0.1, -0.05) is 32.0 Å². The lowest BCUT2D eigenvalue weighted by Gasteiger charge is -2.14. The van der Waals surface area contributed by atoms with Gasteiger partial charge in [0.2, 0.25) is 0 Å². The van der Waals surface area contributed by atoms with Gasteiger partial charge in [0.15, 0.2) is 5.16 Å². The summed E-state index contributed by atoms with van der Waals surface area (Å²) in [6, 6.07) is 0. The van der Waals surface area contributed by atoms with Crippen LogP contribution in [-0.2, 0) is 12.8 Å². The maximum Gasteiger partial charge on any atom is 0.190 e. The molecule has 3 rings (SSSR count). The Bertz CT molecular complexity index is 636. The van der Waals surface area contributed by atoms with Crippen LogP contribution in [0.5, 0.6) is 0 Å². The Labute approximate surface area is 135 Å². The number of thioether (sulfide) groups is 1. The molecule has 1 aliphatic carbocycles. The van der Waals surface area contributed by atoms with Crippen molar-refractivity contribution in [3.63, 3.8) is 0 Å². The van der Waals surface area contributed by atoms with Gasteiger partial charge in [-0.05, 0) is 43.4 Å². The molecule has 1 atom stereocenters. The molecule has 0 aromatic carbocycles. The van der Waals surface area contributed by atoms with Gasteiger partial charge in [0, 0.05) is 11.4 Å². The first-order valence-electron chi connectivity index (χ1n) is 7.83. The zero-order chi connectivity index (χ0) is 14.8. The van der Waals surface area contributed by atoms with Crippen LogP contribution in [0, 0.1) is 5.92 Å². The Balaban J connectivity index is 2.04. The highest BCUT2D eigenvalue weighted by molar-refractivity contribution is 7.98. The minimum absolute atomic E-state index is 0.669. The molecule has 2 aromatic rings. The summed E-state index contributed by atoms with van der Waals surface area (Å²) in [7, 11) is 0. The zero-order valence-corrected chi connectivity index (χ0v) is 14.7. The van der Waals surface area contributed by atoms with Crippen molar-refractivity contribution in [2.24, 2.45) is 5.92 Å². The van der Waals surface area contributed by atoms with Gasteiger partial charge in [-0.15, -0.1) is 11.3 Å². The van der Waals surface area contributed by atoms with Crippen molar-refractivity contribution in [3.05, 3.63) is 10.4 Å². The molecule has 5 heteroatoms. The Morgan fingerprint density at radius 1 is 1.29 bits per heavy atom. The van der Waals surface area contributed by atoms with Gasteiger partial charge in [-0.2, -0.15) is 0 Å². The van der Waals surface area contributed by atoms with Gasteiger partial charge in [-0.3, -0.25) is 0 Å². The molecule has 0 radical (unpaired) electrons. The molecule has 0 bridgehead atoms. The molecule has 0 saturated heterocycles. The smallest absolute Gasteiger partial charge is 0.190 e. The fourth-order valence-electron chi connectivity index (χ4n) is 2.77. The minimum Gasteiger partial charge on any atom is -0.369 e. The normalized spacial score (nSPS) is 16.0. The van der Waals surface area contributed by atoms with E-state index in [1.165, 1.54) is 52.8 Å². The molecule has 0 aliphatic heterocycles. The lowest BCUT2D eigenvalue weighted by Crippen LogP contribution is -2.12. The summed E-state index contributed by atoms with van der Waals surface area (Å²) in [6.45, 7) is 5.51. The first-order chi connectivity index (χ1) is 10.2. The molecule has 1 N–H and O–H groups in total. The van der Waals surface area contributed by atoms with E-state index >= 15 is 0 Å². The lowest BCUT2D eigenvalue weighted by molar-refractivity contribution is 0.592. The summed E-state index contributed by atoms with van der Waals surface area (Å²) in [4.78, 5) is 12.2. The van der Waals surface area contributed by atoms with Crippen molar-refractivity contribution in [1.29, 1.82) is 0 Å². The quantitative estimate of drug-likeness (QED) is 0.637. The summed E-state index contributed by atoms with van der Waals surface area (Å²) >= 11 is 3.51. The molecule has 2 heterocycles. The van der Waals surface area contributed by atoms with Crippen LogP contribution >= 0.6 is 23.1 Å². The van der Waals surface area contributed by atoms with E-state index in [0.29, 0.717) is 5.92 Å². The van der Waals surface area contributed by atoms with Crippen LogP contribution < -0.4 is 5.32 Å².